The minimum Gasteiger partial charge on any atom is -0.288 e. The van der Waals surface area contributed by atoms with Gasteiger partial charge in [-0.2, -0.15) is 0 Å². The van der Waals surface area contributed by atoms with Gasteiger partial charge in [-0.1, -0.05) is 30.3 Å². The fourth-order valence-corrected chi connectivity index (χ4v) is 2.65. The molecule has 0 aliphatic rings. The SMILES string of the molecule is Cc1cc([N+](=O)[O-])c(C(=O)c2ccccc2)c(Br)c1C. The van der Waals surface area contributed by atoms with Crippen molar-refractivity contribution in [1.82, 2.24) is 0 Å². The summed E-state index contributed by atoms with van der Waals surface area (Å²) in [4.78, 5) is 23.2. The van der Waals surface area contributed by atoms with Crippen LogP contribution in [0.3, 0.4) is 0 Å². The average molecular weight is 334 g/mol. The Morgan fingerprint density at radius 1 is 1.20 bits per heavy atom. The highest BCUT2D eigenvalue weighted by Crippen LogP contribution is 2.34. The number of rotatable bonds is 3. The topological polar surface area (TPSA) is 60.2 Å². The Labute approximate surface area is 124 Å². The van der Waals surface area contributed by atoms with Crippen LogP contribution in [0.15, 0.2) is 40.9 Å². The van der Waals surface area contributed by atoms with Crippen molar-refractivity contribution in [2.24, 2.45) is 0 Å². The summed E-state index contributed by atoms with van der Waals surface area (Å²) in [6.45, 7) is 3.61. The molecule has 0 unspecified atom stereocenters. The van der Waals surface area contributed by atoms with Gasteiger partial charge in [0.2, 0.25) is 5.78 Å². The first-order valence-corrected chi connectivity index (χ1v) is 6.76. The van der Waals surface area contributed by atoms with Gasteiger partial charge >= 0.3 is 0 Å². The average Bonchev–Trinajstić information content (AvgIpc) is 2.44. The van der Waals surface area contributed by atoms with E-state index in [1.165, 1.54) is 6.07 Å². The minimum atomic E-state index is -0.520. The van der Waals surface area contributed by atoms with Gasteiger partial charge in [0.15, 0.2) is 0 Å². The van der Waals surface area contributed by atoms with Gasteiger partial charge in [-0.05, 0) is 40.9 Å². The summed E-state index contributed by atoms with van der Waals surface area (Å²) in [7, 11) is 0. The van der Waals surface area contributed by atoms with Crippen molar-refractivity contribution in [2.45, 2.75) is 13.8 Å². The zero-order valence-corrected chi connectivity index (χ0v) is 12.6. The van der Waals surface area contributed by atoms with Crippen molar-refractivity contribution in [3.8, 4) is 0 Å². The van der Waals surface area contributed by atoms with Crippen LogP contribution in [0.4, 0.5) is 5.69 Å². The van der Waals surface area contributed by atoms with Crippen LogP contribution in [0.1, 0.15) is 27.0 Å². The molecule has 4 nitrogen and oxygen atoms in total. The van der Waals surface area contributed by atoms with Crippen molar-refractivity contribution in [2.75, 3.05) is 0 Å². The molecule has 0 aliphatic carbocycles. The van der Waals surface area contributed by atoms with Crippen LogP contribution in [0.5, 0.6) is 0 Å². The maximum Gasteiger partial charge on any atom is 0.281 e. The van der Waals surface area contributed by atoms with E-state index in [0.717, 1.165) is 11.1 Å². The Morgan fingerprint density at radius 3 is 2.35 bits per heavy atom. The lowest BCUT2D eigenvalue weighted by Gasteiger charge is -2.10. The van der Waals surface area contributed by atoms with Crippen molar-refractivity contribution in [3.63, 3.8) is 0 Å². The monoisotopic (exact) mass is 333 g/mol. The molecule has 2 rings (SSSR count). The lowest BCUT2D eigenvalue weighted by atomic mass is 9.97. The van der Waals surface area contributed by atoms with E-state index in [9.17, 15) is 14.9 Å². The van der Waals surface area contributed by atoms with Crippen LogP contribution in [0.2, 0.25) is 0 Å². The Kier molecular flexibility index (Phi) is 3.99. The van der Waals surface area contributed by atoms with Crippen LogP contribution in [-0.4, -0.2) is 10.7 Å². The summed E-state index contributed by atoms with van der Waals surface area (Å²) in [5, 5.41) is 11.2. The fourth-order valence-electron chi connectivity index (χ4n) is 1.95. The normalized spacial score (nSPS) is 10.3. The van der Waals surface area contributed by atoms with Crippen LogP contribution >= 0.6 is 15.9 Å². The van der Waals surface area contributed by atoms with E-state index in [4.69, 9.17) is 0 Å². The Balaban J connectivity index is 2.70. The van der Waals surface area contributed by atoms with Crippen LogP contribution in [0.25, 0.3) is 0 Å². The first kappa shape index (κ1) is 14.4. The second-order valence-electron chi connectivity index (χ2n) is 4.48. The van der Waals surface area contributed by atoms with Crippen molar-refractivity contribution >= 4 is 27.4 Å². The largest absolute Gasteiger partial charge is 0.288 e. The number of nitro benzene ring substituents is 1. The molecule has 5 heteroatoms. The Hall–Kier alpha value is -2.01. The van der Waals surface area contributed by atoms with E-state index in [-0.39, 0.29) is 17.0 Å². The predicted octanol–water partition coefficient (Wildman–Crippen LogP) is 4.21. The molecule has 0 fully saturated rings. The number of benzene rings is 2. The molecule has 0 radical (unpaired) electrons. The molecule has 0 aliphatic heterocycles. The maximum absolute atomic E-state index is 12.5. The summed E-state index contributed by atoms with van der Waals surface area (Å²) in [5.74, 6) is -0.354. The zero-order valence-electron chi connectivity index (χ0n) is 11.0. The van der Waals surface area contributed by atoms with Crippen LogP contribution in [0, 0.1) is 24.0 Å². The Morgan fingerprint density at radius 2 is 1.80 bits per heavy atom. The van der Waals surface area contributed by atoms with Crippen molar-refractivity contribution in [3.05, 3.63) is 73.2 Å². The summed E-state index contributed by atoms with van der Waals surface area (Å²) in [6.07, 6.45) is 0. The molecule has 0 saturated carbocycles. The third-order valence-electron chi connectivity index (χ3n) is 3.21. The van der Waals surface area contributed by atoms with Gasteiger partial charge in [0.25, 0.3) is 5.69 Å². The summed E-state index contributed by atoms with van der Waals surface area (Å²) >= 11 is 3.32. The zero-order chi connectivity index (χ0) is 14.9. The minimum absolute atomic E-state index is 0.101. The van der Waals surface area contributed by atoms with Gasteiger partial charge in [0.1, 0.15) is 5.56 Å². The van der Waals surface area contributed by atoms with Gasteiger partial charge in [-0.25, -0.2) is 0 Å². The van der Waals surface area contributed by atoms with Gasteiger partial charge < -0.3 is 0 Å². The lowest BCUT2D eigenvalue weighted by molar-refractivity contribution is -0.385. The molecule has 0 heterocycles. The van der Waals surface area contributed by atoms with E-state index in [1.807, 2.05) is 6.92 Å². The number of hydrogen-bond acceptors (Lipinski definition) is 3. The number of nitro groups is 1. The number of hydrogen-bond donors (Lipinski definition) is 0. The quantitative estimate of drug-likeness (QED) is 0.480. The van der Waals surface area contributed by atoms with E-state index < -0.39 is 4.92 Å². The summed E-state index contributed by atoms with van der Waals surface area (Å²) in [5.41, 5.74) is 1.96. The van der Waals surface area contributed by atoms with Crippen LogP contribution in [-0.2, 0) is 0 Å². The molecule has 20 heavy (non-hydrogen) atoms. The lowest BCUT2D eigenvalue weighted by Crippen LogP contribution is -2.08. The Bertz CT molecular complexity index is 696. The molecule has 2 aromatic carbocycles. The molecule has 0 bridgehead atoms. The van der Waals surface area contributed by atoms with E-state index in [0.29, 0.717) is 10.0 Å². The first-order chi connectivity index (χ1) is 9.43. The molecule has 0 saturated heterocycles. The smallest absolute Gasteiger partial charge is 0.281 e. The predicted molar refractivity (Wildman–Crippen MR) is 80.1 cm³/mol. The van der Waals surface area contributed by atoms with Gasteiger partial charge in [0.05, 0.1) is 4.92 Å². The molecule has 0 spiro atoms. The highest BCUT2D eigenvalue weighted by Gasteiger charge is 2.26. The molecule has 2 aromatic rings. The van der Waals surface area contributed by atoms with Gasteiger partial charge in [-0.15, -0.1) is 0 Å². The van der Waals surface area contributed by atoms with Gasteiger partial charge in [0, 0.05) is 16.1 Å². The molecule has 0 amide bonds. The number of carbonyl (C=O) groups excluding carboxylic acids is 1. The summed E-state index contributed by atoms with van der Waals surface area (Å²) in [6, 6.07) is 9.99. The van der Waals surface area contributed by atoms with Crippen LogP contribution < -0.4 is 0 Å². The number of nitrogens with zero attached hydrogens (tertiary/aromatic N) is 1. The highest BCUT2D eigenvalue weighted by molar-refractivity contribution is 9.10. The second-order valence-corrected chi connectivity index (χ2v) is 5.27. The summed E-state index contributed by atoms with van der Waals surface area (Å²) < 4.78 is 0.484. The van der Waals surface area contributed by atoms with Gasteiger partial charge in [-0.3, -0.25) is 14.9 Å². The standard InChI is InChI=1S/C15H12BrNO3/c1-9-8-12(17(19)20)13(14(16)10(9)2)15(18)11-6-4-3-5-7-11/h3-8H,1-2H3. The van der Waals surface area contributed by atoms with Crippen molar-refractivity contribution in [1.29, 1.82) is 0 Å². The molecule has 0 atom stereocenters. The number of aryl methyl sites for hydroxylation is 1. The molecular weight excluding hydrogens is 322 g/mol. The third kappa shape index (κ3) is 2.49. The van der Waals surface area contributed by atoms with Crippen molar-refractivity contribution < 1.29 is 9.72 Å². The number of ketones is 1. The first-order valence-electron chi connectivity index (χ1n) is 5.97. The molecule has 102 valence electrons. The molecular formula is C15H12BrNO3. The molecule has 0 N–H and O–H groups in total. The number of carbonyl (C=O) groups is 1. The highest BCUT2D eigenvalue weighted by atomic mass is 79.9. The number of halogens is 1. The fraction of sp³-hybridized carbons (Fsp3) is 0.133. The van der Waals surface area contributed by atoms with E-state index in [1.54, 1.807) is 37.3 Å². The third-order valence-corrected chi connectivity index (χ3v) is 4.20. The second kappa shape index (κ2) is 5.54. The molecule has 0 aromatic heterocycles. The van der Waals surface area contributed by atoms with E-state index >= 15 is 0 Å². The van der Waals surface area contributed by atoms with E-state index in [2.05, 4.69) is 15.9 Å². The maximum atomic E-state index is 12.5.